The SMILES string of the molecule is CCCCC(CC)COC(=O)c1cc(C(=O)OCC(CC)CCCC)cc(-c2cc(-c3cc(C(=O)OCC(CC)CCCC)cc(C(=O)OCC(CC)CCCC)c3)cc(-c3ccc(-c4ccc(/C=C(\C#N)C(=O)O)cc4)c4nsnc34)c2)c1. The lowest BCUT2D eigenvalue weighted by molar-refractivity contribution is -0.132. The number of carbonyl (C=O) groups excluding carboxylic acids is 4. The van der Waals surface area contributed by atoms with Gasteiger partial charge in [-0.25, -0.2) is 24.0 Å². The van der Waals surface area contributed by atoms with Gasteiger partial charge in [-0.15, -0.1) is 0 Å². The summed E-state index contributed by atoms with van der Waals surface area (Å²) in [5.41, 5.74) is 7.19. The van der Waals surface area contributed by atoms with Crippen LogP contribution in [0, 0.1) is 35.0 Å². The molecule has 0 spiro atoms. The molecule has 0 amide bonds. The van der Waals surface area contributed by atoms with Crippen molar-refractivity contribution in [3.63, 3.8) is 0 Å². The zero-order valence-corrected chi connectivity index (χ0v) is 51.4. The van der Waals surface area contributed by atoms with E-state index in [-0.39, 0.29) is 77.9 Å². The Morgan fingerprint density at radius 2 is 0.786 bits per heavy atom. The van der Waals surface area contributed by atoms with Crippen LogP contribution in [0.25, 0.3) is 61.6 Å². The van der Waals surface area contributed by atoms with E-state index in [0.29, 0.717) is 50.0 Å². The summed E-state index contributed by atoms with van der Waals surface area (Å²) in [7, 11) is 0. The van der Waals surface area contributed by atoms with E-state index in [9.17, 15) is 34.3 Å². The molecule has 1 N–H and O–H groups in total. The molecule has 0 saturated carbocycles. The van der Waals surface area contributed by atoms with Crippen LogP contribution in [0.4, 0.5) is 0 Å². The van der Waals surface area contributed by atoms with Crippen LogP contribution in [0.15, 0.2) is 96.6 Å². The predicted octanol–water partition coefficient (Wildman–Crippen LogP) is 17.8. The molecule has 4 unspecified atom stereocenters. The average Bonchev–Trinajstić information content (AvgIpc) is 2.94. The molecule has 1 aromatic heterocycles. The number of carbonyl (C=O) groups is 5. The van der Waals surface area contributed by atoms with Crippen LogP contribution in [0.1, 0.15) is 205 Å². The Kier molecular flexibility index (Phi) is 26.3. The number of nitrogens with zero attached hydrogens (tertiary/aromatic N) is 3. The first kappa shape index (κ1) is 65.7. The summed E-state index contributed by atoms with van der Waals surface area (Å²) < 4.78 is 33.8. The minimum absolute atomic E-state index is 0.176. The number of rotatable bonds is 34. The molecular weight excluding hydrogens is 1070 g/mol. The number of carboxylic acid groups (broad SMARTS) is 1. The smallest absolute Gasteiger partial charge is 0.346 e. The highest BCUT2D eigenvalue weighted by atomic mass is 32.1. The maximum absolute atomic E-state index is 14.3. The Balaban J connectivity index is 1.57. The molecular formula is C70H85N3O10S. The van der Waals surface area contributed by atoms with Crippen LogP contribution >= 0.6 is 11.7 Å². The van der Waals surface area contributed by atoms with E-state index in [1.807, 2.05) is 42.5 Å². The predicted molar refractivity (Wildman–Crippen MR) is 335 cm³/mol. The van der Waals surface area contributed by atoms with E-state index in [4.69, 9.17) is 27.7 Å². The van der Waals surface area contributed by atoms with Crippen molar-refractivity contribution in [3.05, 3.63) is 124 Å². The second kappa shape index (κ2) is 33.7. The summed E-state index contributed by atoms with van der Waals surface area (Å²) >= 11 is 1.04. The quantitative estimate of drug-likeness (QED) is 0.0174. The fraction of sp³-hybridized carbons (Fsp3) is 0.457. The number of aromatic nitrogens is 2. The first-order valence-corrected chi connectivity index (χ1v) is 31.3. The summed E-state index contributed by atoms with van der Waals surface area (Å²) in [6, 6.07) is 28.6. The van der Waals surface area contributed by atoms with Crippen molar-refractivity contribution in [2.24, 2.45) is 23.7 Å². The molecule has 0 aliphatic rings. The van der Waals surface area contributed by atoms with Gasteiger partial charge >= 0.3 is 29.8 Å². The van der Waals surface area contributed by atoms with Crippen molar-refractivity contribution >= 4 is 58.7 Å². The van der Waals surface area contributed by atoms with Crippen molar-refractivity contribution in [2.75, 3.05) is 26.4 Å². The second-order valence-electron chi connectivity index (χ2n) is 22.2. The van der Waals surface area contributed by atoms with Gasteiger partial charge in [0.05, 0.1) is 60.4 Å². The second-order valence-corrected chi connectivity index (χ2v) is 22.7. The fourth-order valence-corrected chi connectivity index (χ4v) is 10.8. The highest BCUT2D eigenvalue weighted by Gasteiger charge is 2.24. The van der Waals surface area contributed by atoms with Gasteiger partial charge in [0.1, 0.15) is 22.7 Å². The van der Waals surface area contributed by atoms with Gasteiger partial charge in [0.25, 0.3) is 0 Å². The van der Waals surface area contributed by atoms with Gasteiger partial charge in [0, 0.05) is 11.1 Å². The highest BCUT2D eigenvalue weighted by molar-refractivity contribution is 7.00. The number of carboxylic acids is 1. The lowest BCUT2D eigenvalue weighted by atomic mass is 9.90. The molecule has 6 aromatic rings. The summed E-state index contributed by atoms with van der Waals surface area (Å²) in [4.78, 5) is 68.8. The zero-order valence-electron chi connectivity index (χ0n) is 50.6. The fourth-order valence-electron chi connectivity index (χ4n) is 10.3. The van der Waals surface area contributed by atoms with Crippen LogP contribution in [-0.4, -0.2) is 70.1 Å². The minimum Gasteiger partial charge on any atom is -0.477 e. The molecule has 1 heterocycles. The number of ether oxygens (including phenoxy) is 4. The van der Waals surface area contributed by atoms with E-state index in [2.05, 4.69) is 55.4 Å². The van der Waals surface area contributed by atoms with Crippen molar-refractivity contribution < 1.29 is 48.0 Å². The van der Waals surface area contributed by atoms with Crippen molar-refractivity contribution in [3.8, 4) is 50.6 Å². The Bertz CT molecular complexity index is 3020. The molecule has 0 aliphatic carbocycles. The molecule has 84 heavy (non-hydrogen) atoms. The Morgan fingerprint density at radius 3 is 1.10 bits per heavy atom. The summed E-state index contributed by atoms with van der Waals surface area (Å²) in [5.74, 6) is -2.88. The van der Waals surface area contributed by atoms with Gasteiger partial charge in [-0.1, -0.05) is 169 Å². The lowest BCUT2D eigenvalue weighted by Gasteiger charge is -2.18. The van der Waals surface area contributed by atoms with E-state index in [1.54, 1.807) is 54.6 Å². The Labute approximate surface area is 501 Å². The summed E-state index contributed by atoms with van der Waals surface area (Å²) in [5, 5.41) is 18.8. The lowest BCUT2D eigenvalue weighted by Crippen LogP contribution is -2.16. The highest BCUT2D eigenvalue weighted by Crippen LogP contribution is 2.40. The third-order valence-corrected chi connectivity index (χ3v) is 16.5. The largest absolute Gasteiger partial charge is 0.477 e. The Hall–Kier alpha value is -7.50. The molecule has 0 aliphatic heterocycles. The number of esters is 4. The number of nitriles is 1. The van der Waals surface area contributed by atoms with E-state index >= 15 is 0 Å². The maximum atomic E-state index is 14.3. The zero-order chi connectivity index (χ0) is 60.5. The molecule has 13 nitrogen and oxygen atoms in total. The molecule has 0 bridgehead atoms. The third-order valence-electron chi connectivity index (χ3n) is 16.0. The summed E-state index contributed by atoms with van der Waals surface area (Å²) in [6.07, 6.45) is 16.5. The minimum atomic E-state index is -1.32. The number of hydrogen-bond acceptors (Lipinski definition) is 13. The number of aliphatic carboxylic acids is 1. The van der Waals surface area contributed by atoms with Gasteiger partial charge in [0.15, 0.2) is 0 Å². The molecule has 6 rings (SSSR count). The Morgan fingerprint density at radius 1 is 0.464 bits per heavy atom. The normalized spacial score (nSPS) is 12.9. The van der Waals surface area contributed by atoms with Gasteiger partial charge < -0.3 is 24.1 Å². The number of benzene rings is 5. The van der Waals surface area contributed by atoms with Crippen molar-refractivity contribution in [2.45, 2.75) is 158 Å². The van der Waals surface area contributed by atoms with Crippen LogP contribution < -0.4 is 0 Å². The third kappa shape index (κ3) is 18.5. The maximum Gasteiger partial charge on any atom is 0.346 e. The van der Waals surface area contributed by atoms with E-state index in [0.717, 1.165) is 126 Å². The first-order valence-electron chi connectivity index (χ1n) is 30.6. The molecule has 446 valence electrons. The summed E-state index contributed by atoms with van der Waals surface area (Å²) in [6.45, 7) is 17.8. The molecule has 0 radical (unpaired) electrons. The first-order chi connectivity index (χ1) is 40.7. The molecule has 0 saturated heterocycles. The van der Waals surface area contributed by atoms with Gasteiger partial charge in [-0.2, -0.15) is 14.0 Å². The number of unbranched alkanes of at least 4 members (excludes halogenated alkanes) is 4. The molecule has 4 atom stereocenters. The molecule has 5 aromatic carbocycles. The van der Waals surface area contributed by atoms with Crippen molar-refractivity contribution in [1.29, 1.82) is 5.26 Å². The topological polar surface area (TPSA) is 192 Å². The monoisotopic (exact) mass is 1160 g/mol. The molecule has 0 fully saturated rings. The standard InChI is InChI=1S/C70H85N3O10S/c1-9-17-21-46(13-5)42-80-67(76)57-35-54(36-58(39-57)68(77)81-43-47(14-6)22-18-10-2)52-32-53(34-56(33-52)63-30-29-62(64-65(63)73-84-72-64)51-27-25-50(26-28-51)31-61(41-71)66(74)75)55-37-59(69(78)82-44-48(15-7)23-19-11-3)40-60(38-55)70(79)83-45-49(16-8)24-20-12-4/h25-40,46-49H,9-24,42-45H2,1-8H3,(H,74,75)/b61-31+. The van der Waals surface area contributed by atoms with E-state index in [1.165, 1.54) is 6.08 Å². The van der Waals surface area contributed by atoms with Crippen LogP contribution in [0.2, 0.25) is 0 Å². The van der Waals surface area contributed by atoms with Crippen LogP contribution in [0.3, 0.4) is 0 Å². The van der Waals surface area contributed by atoms with E-state index < -0.39 is 29.8 Å². The number of hydrogen-bond donors (Lipinski definition) is 1. The van der Waals surface area contributed by atoms with Gasteiger partial charge in [-0.05, 0) is 149 Å². The number of fused-ring (bicyclic) bond motifs is 1. The van der Waals surface area contributed by atoms with Gasteiger partial charge in [0.2, 0.25) is 0 Å². The van der Waals surface area contributed by atoms with Crippen LogP contribution in [-0.2, 0) is 23.7 Å². The van der Waals surface area contributed by atoms with Crippen LogP contribution in [0.5, 0.6) is 0 Å². The molecule has 14 heteroatoms. The van der Waals surface area contributed by atoms with Crippen molar-refractivity contribution in [1.82, 2.24) is 8.75 Å². The van der Waals surface area contributed by atoms with Gasteiger partial charge in [-0.3, -0.25) is 0 Å². The average molecular weight is 1160 g/mol.